The van der Waals surface area contributed by atoms with E-state index in [1.807, 2.05) is 0 Å². The van der Waals surface area contributed by atoms with Gasteiger partial charge in [-0.3, -0.25) is 0 Å². The van der Waals surface area contributed by atoms with Gasteiger partial charge in [-0.15, -0.1) is 0 Å². The molecule has 112 valence electrons. The Morgan fingerprint density at radius 1 is 1.23 bits per heavy atom. The van der Waals surface area contributed by atoms with Crippen molar-refractivity contribution in [2.75, 3.05) is 11.9 Å². The maximum absolute atomic E-state index is 13.5. The summed E-state index contributed by atoms with van der Waals surface area (Å²) in [6, 6.07) is 8.20. The lowest BCUT2D eigenvalue weighted by Crippen LogP contribution is -2.16. The van der Waals surface area contributed by atoms with Crippen molar-refractivity contribution in [3.05, 3.63) is 59.9 Å². The summed E-state index contributed by atoms with van der Waals surface area (Å²) in [5, 5.41) is 6.11. The summed E-state index contributed by atoms with van der Waals surface area (Å²) in [6.07, 6.45) is 5.14. The van der Waals surface area contributed by atoms with Gasteiger partial charge < -0.3 is 15.4 Å². The van der Waals surface area contributed by atoms with Crippen molar-refractivity contribution in [3.8, 4) is 11.5 Å². The summed E-state index contributed by atoms with van der Waals surface area (Å²) in [6.45, 7) is 2.42. The summed E-state index contributed by atoms with van der Waals surface area (Å²) in [7, 11) is 0. The molecule has 2 heterocycles. The lowest BCUT2D eigenvalue weighted by molar-refractivity contribution is 0.475. The van der Waals surface area contributed by atoms with Crippen molar-refractivity contribution in [3.63, 3.8) is 0 Å². The van der Waals surface area contributed by atoms with E-state index in [1.165, 1.54) is 6.07 Å². The first kappa shape index (κ1) is 14.1. The molecule has 0 unspecified atom stereocenters. The van der Waals surface area contributed by atoms with E-state index >= 15 is 0 Å². The fraction of sp³-hybridized carbons (Fsp3) is 0.125. The Balaban J connectivity index is 1.74. The fourth-order valence-corrected chi connectivity index (χ4v) is 1.91. The minimum Gasteiger partial charge on any atom is -0.457 e. The zero-order chi connectivity index (χ0) is 15.4. The second-order valence-corrected chi connectivity index (χ2v) is 4.76. The van der Waals surface area contributed by atoms with Crippen LogP contribution in [0.3, 0.4) is 0 Å². The van der Waals surface area contributed by atoms with Crippen LogP contribution in [0, 0.1) is 12.7 Å². The van der Waals surface area contributed by atoms with Gasteiger partial charge in [0.2, 0.25) is 0 Å². The highest BCUT2D eigenvalue weighted by molar-refractivity contribution is 5.64. The molecule has 3 rings (SSSR count). The third-order valence-corrected chi connectivity index (χ3v) is 3.04. The first-order valence-electron chi connectivity index (χ1n) is 6.84. The predicted molar refractivity (Wildman–Crippen MR) is 83.6 cm³/mol. The molecule has 0 aliphatic carbocycles. The van der Waals surface area contributed by atoms with Crippen LogP contribution in [-0.2, 0) is 0 Å². The number of nitrogens with zero attached hydrogens (tertiary/aromatic N) is 2. The highest BCUT2D eigenvalue weighted by Gasteiger charge is 2.05. The zero-order valence-corrected chi connectivity index (χ0v) is 12.0. The van der Waals surface area contributed by atoms with Crippen LogP contribution in [0.5, 0.6) is 11.5 Å². The number of rotatable bonds is 4. The zero-order valence-electron chi connectivity index (χ0n) is 12.0. The van der Waals surface area contributed by atoms with Crippen molar-refractivity contribution in [1.29, 1.82) is 0 Å². The fourth-order valence-electron chi connectivity index (χ4n) is 1.91. The number of halogens is 1. The van der Waals surface area contributed by atoms with Crippen LogP contribution in [0.15, 0.2) is 53.5 Å². The van der Waals surface area contributed by atoms with Gasteiger partial charge in [-0.25, -0.2) is 14.4 Å². The van der Waals surface area contributed by atoms with Gasteiger partial charge in [0.15, 0.2) is 0 Å². The van der Waals surface area contributed by atoms with Gasteiger partial charge in [-0.2, -0.15) is 0 Å². The van der Waals surface area contributed by atoms with Crippen molar-refractivity contribution in [2.45, 2.75) is 6.92 Å². The van der Waals surface area contributed by atoms with Crippen molar-refractivity contribution < 1.29 is 9.13 Å². The van der Waals surface area contributed by atoms with E-state index in [2.05, 4.69) is 20.6 Å². The van der Waals surface area contributed by atoms with Crippen LogP contribution in [-0.4, -0.2) is 17.7 Å². The first-order chi connectivity index (χ1) is 10.7. The quantitative estimate of drug-likeness (QED) is 0.910. The third-order valence-electron chi connectivity index (χ3n) is 3.04. The summed E-state index contributed by atoms with van der Waals surface area (Å²) >= 11 is 0. The van der Waals surface area contributed by atoms with Crippen LogP contribution < -0.4 is 15.4 Å². The molecule has 6 heteroatoms. The van der Waals surface area contributed by atoms with Crippen LogP contribution in [0.4, 0.5) is 10.2 Å². The van der Waals surface area contributed by atoms with E-state index in [4.69, 9.17) is 4.74 Å². The van der Waals surface area contributed by atoms with Crippen LogP contribution in [0.2, 0.25) is 0 Å². The number of aromatic nitrogens is 1. The molecule has 2 N–H and O–H groups in total. The monoisotopic (exact) mass is 298 g/mol. The Hall–Kier alpha value is -2.89. The lowest BCUT2D eigenvalue weighted by Gasteiger charge is -2.11. The van der Waals surface area contributed by atoms with Gasteiger partial charge >= 0.3 is 0 Å². The smallest absolute Gasteiger partial charge is 0.147 e. The van der Waals surface area contributed by atoms with Crippen LogP contribution in [0.25, 0.3) is 0 Å². The molecule has 2 aromatic rings. The molecule has 0 spiro atoms. The summed E-state index contributed by atoms with van der Waals surface area (Å²) < 4.78 is 19.2. The Morgan fingerprint density at radius 2 is 2.09 bits per heavy atom. The normalized spacial score (nSPS) is 13.3. The third kappa shape index (κ3) is 3.41. The second kappa shape index (κ2) is 6.26. The van der Waals surface area contributed by atoms with Gasteiger partial charge in [-0.05, 0) is 24.6 Å². The molecular weight excluding hydrogens is 283 g/mol. The molecule has 1 aliphatic heterocycles. The molecule has 5 nitrogen and oxygen atoms in total. The van der Waals surface area contributed by atoms with E-state index in [9.17, 15) is 4.39 Å². The average molecular weight is 298 g/mol. The van der Waals surface area contributed by atoms with Crippen molar-refractivity contribution >= 4 is 12.0 Å². The standard InChI is InChI=1S/C16H15FN4O/c1-11-2-3-12(8-14(11)17)22-13-4-5-19-15(9-13)21-16-10-18-6-7-20-16/h2-5,7-10,18H,6H2,1H3,(H,19,21). The highest BCUT2D eigenvalue weighted by atomic mass is 19.1. The van der Waals surface area contributed by atoms with E-state index in [1.54, 1.807) is 49.8 Å². The van der Waals surface area contributed by atoms with Gasteiger partial charge in [0, 0.05) is 37.3 Å². The maximum Gasteiger partial charge on any atom is 0.147 e. The predicted octanol–water partition coefficient (Wildman–Crippen LogP) is 3.21. The summed E-state index contributed by atoms with van der Waals surface area (Å²) in [5.74, 6) is 1.97. The molecule has 22 heavy (non-hydrogen) atoms. The number of ether oxygens (including phenoxy) is 1. The Bertz CT molecular complexity index is 743. The summed E-state index contributed by atoms with van der Waals surface area (Å²) in [5.41, 5.74) is 0.582. The molecule has 0 bridgehead atoms. The van der Waals surface area contributed by atoms with Gasteiger partial charge in [0.1, 0.15) is 29.0 Å². The lowest BCUT2D eigenvalue weighted by atomic mass is 10.2. The minimum atomic E-state index is -0.294. The number of aliphatic imine (C=N–C) groups is 1. The Kier molecular flexibility index (Phi) is 4.00. The van der Waals surface area contributed by atoms with E-state index < -0.39 is 0 Å². The Labute approximate surface area is 127 Å². The number of pyridine rings is 1. The molecule has 1 aliphatic rings. The van der Waals surface area contributed by atoms with Crippen molar-refractivity contribution in [2.24, 2.45) is 4.99 Å². The SMILES string of the molecule is Cc1ccc(Oc2ccnc(NC3=CNCC=N3)c2)cc1F. The van der Waals surface area contributed by atoms with Crippen LogP contribution >= 0.6 is 0 Å². The largest absolute Gasteiger partial charge is 0.457 e. The molecule has 1 aromatic heterocycles. The maximum atomic E-state index is 13.5. The molecule has 0 fully saturated rings. The molecule has 1 aromatic carbocycles. The number of hydrogen-bond acceptors (Lipinski definition) is 5. The molecular formula is C16H15FN4O. The number of anilines is 1. The highest BCUT2D eigenvalue weighted by Crippen LogP contribution is 2.25. The Morgan fingerprint density at radius 3 is 2.86 bits per heavy atom. The van der Waals surface area contributed by atoms with E-state index in [0.29, 0.717) is 35.2 Å². The topological polar surface area (TPSA) is 58.5 Å². The number of benzene rings is 1. The first-order valence-corrected chi connectivity index (χ1v) is 6.84. The average Bonchev–Trinajstić information content (AvgIpc) is 2.52. The van der Waals surface area contributed by atoms with Gasteiger partial charge in [-0.1, -0.05) is 6.07 Å². The molecule has 0 saturated heterocycles. The molecule has 0 radical (unpaired) electrons. The minimum absolute atomic E-state index is 0.294. The van der Waals surface area contributed by atoms with Gasteiger partial charge in [0.25, 0.3) is 0 Å². The number of aryl methyl sites for hydroxylation is 1. The number of nitrogens with one attached hydrogen (secondary N) is 2. The number of hydrogen-bond donors (Lipinski definition) is 2. The van der Waals surface area contributed by atoms with Crippen molar-refractivity contribution in [1.82, 2.24) is 10.3 Å². The van der Waals surface area contributed by atoms with E-state index in [0.717, 1.165) is 0 Å². The molecule has 0 saturated carbocycles. The molecule has 0 atom stereocenters. The van der Waals surface area contributed by atoms with Crippen LogP contribution in [0.1, 0.15) is 5.56 Å². The van der Waals surface area contributed by atoms with E-state index in [-0.39, 0.29) is 5.82 Å². The molecule has 0 amide bonds. The van der Waals surface area contributed by atoms with Gasteiger partial charge in [0.05, 0.1) is 0 Å². The summed E-state index contributed by atoms with van der Waals surface area (Å²) in [4.78, 5) is 8.39. The second-order valence-electron chi connectivity index (χ2n) is 4.76.